The molecule has 4 rings (SSSR count). The molecule has 0 bridgehead atoms. The van der Waals surface area contributed by atoms with Gasteiger partial charge in [-0.2, -0.15) is 0 Å². The monoisotopic (exact) mass is 403 g/mol. The first-order valence-corrected chi connectivity index (χ1v) is 11.2. The van der Waals surface area contributed by atoms with Crippen molar-refractivity contribution in [3.8, 4) is 18.1 Å². The predicted molar refractivity (Wildman–Crippen MR) is 117 cm³/mol. The first kappa shape index (κ1) is 19.6. The molecule has 1 saturated carbocycles. The van der Waals surface area contributed by atoms with Gasteiger partial charge in [-0.15, -0.1) is 6.42 Å². The summed E-state index contributed by atoms with van der Waals surface area (Å²) in [6.07, 6.45) is 10.6. The Kier molecular flexibility index (Phi) is 5.92. The summed E-state index contributed by atoms with van der Waals surface area (Å²) < 4.78 is 20.9. The zero-order valence-electron chi connectivity index (χ0n) is 16.3. The SMILES string of the molecule is C#CC1(Oc2cc([S+](c3ccccc3)c3ccccc3)ccc2F)CCCCC1. The largest absolute Gasteiger partial charge is 0.471 e. The molecule has 0 N–H and O–H groups in total. The lowest BCUT2D eigenvalue weighted by molar-refractivity contribution is 0.0822. The Balaban J connectivity index is 1.75. The van der Waals surface area contributed by atoms with Crippen molar-refractivity contribution in [1.29, 1.82) is 0 Å². The van der Waals surface area contributed by atoms with Crippen LogP contribution < -0.4 is 4.74 Å². The highest BCUT2D eigenvalue weighted by Gasteiger charge is 2.35. The highest BCUT2D eigenvalue weighted by Crippen LogP contribution is 2.37. The molecule has 0 amide bonds. The fourth-order valence-electron chi connectivity index (χ4n) is 3.82. The minimum Gasteiger partial charge on any atom is -0.471 e. The van der Waals surface area contributed by atoms with Crippen molar-refractivity contribution in [1.82, 2.24) is 0 Å². The molecule has 0 saturated heterocycles. The van der Waals surface area contributed by atoms with Crippen molar-refractivity contribution in [2.75, 3.05) is 0 Å². The standard InChI is InChI=1S/C26H24FOS/c1-2-26(18-10-5-11-19-26)28-25-20-23(16-17-24(25)27)29(21-12-6-3-7-13-21)22-14-8-4-9-15-22/h1,3-4,6-9,12-17,20H,5,10-11,18-19H2/q+1. The molecule has 0 atom stereocenters. The maximum absolute atomic E-state index is 14.7. The second kappa shape index (κ2) is 8.76. The lowest BCUT2D eigenvalue weighted by Crippen LogP contribution is -2.36. The Labute approximate surface area is 175 Å². The van der Waals surface area contributed by atoms with E-state index in [9.17, 15) is 4.39 Å². The third-order valence-electron chi connectivity index (χ3n) is 5.33. The molecule has 146 valence electrons. The summed E-state index contributed by atoms with van der Waals surface area (Å²) in [4.78, 5) is 3.38. The van der Waals surface area contributed by atoms with Crippen LogP contribution in [0.5, 0.6) is 5.75 Å². The molecule has 3 aromatic carbocycles. The summed E-state index contributed by atoms with van der Waals surface area (Å²) in [6.45, 7) is 0. The van der Waals surface area contributed by atoms with E-state index in [4.69, 9.17) is 11.2 Å². The molecule has 3 aromatic rings. The number of rotatable bonds is 5. The van der Waals surface area contributed by atoms with Crippen LogP contribution in [0.4, 0.5) is 4.39 Å². The van der Waals surface area contributed by atoms with Gasteiger partial charge in [0.2, 0.25) is 0 Å². The highest BCUT2D eigenvalue weighted by molar-refractivity contribution is 7.97. The Morgan fingerprint density at radius 3 is 1.93 bits per heavy atom. The van der Waals surface area contributed by atoms with E-state index >= 15 is 0 Å². The number of hydrogen-bond donors (Lipinski definition) is 0. The number of hydrogen-bond acceptors (Lipinski definition) is 1. The maximum atomic E-state index is 14.7. The molecule has 1 fully saturated rings. The molecule has 0 aliphatic heterocycles. The smallest absolute Gasteiger partial charge is 0.170 e. The average Bonchev–Trinajstić information content (AvgIpc) is 2.78. The minimum atomic E-state index is -0.699. The van der Waals surface area contributed by atoms with Crippen molar-refractivity contribution in [2.24, 2.45) is 0 Å². The van der Waals surface area contributed by atoms with E-state index in [1.54, 1.807) is 0 Å². The molecule has 0 aromatic heterocycles. The van der Waals surface area contributed by atoms with Crippen LogP contribution in [0.2, 0.25) is 0 Å². The van der Waals surface area contributed by atoms with Gasteiger partial charge >= 0.3 is 0 Å². The normalized spacial score (nSPS) is 15.6. The van der Waals surface area contributed by atoms with Crippen molar-refractivity contribution < 1.29 is 9.13 Å². The van der Waals surface area contributed by atoms with Gasteiger partial charge in [0.25, 0.3) is 0 Å². The molecule has 3 heteroatoms. The van der Waals surface area contributed by atoms with Crippen LogP contribution in [-0.4, -0.2) is 5.60 Å². The van der Waals surface area contributed by atoms with Crippen molar-refractivity contribution in [3.63, 3.8) is 0 Å². The first-order chi connectivity index (χ1) is 14.2. The second-order valence-electron chi connectivity index (χ2n) is 7.33. The number of terminal acetylenes is 1. The quantitative estimate of drug-likeness (QED) is 0.343. The molecule has 29 heavy (non-hydrogen) atoms. The van der Waals surface area contributed by atoms with Gasteiger partial charge < -0.3 is 4.74 Å². The summed E-state index contributed by atoms with van der Waals surface area (Å²) >= 11 is 0. The van der Waals surface area contributed by atoms with Crippen LogP contribution in [0.1, 0.15) is 32.1 Å². The third-order valence-corrected chi connectivity index (χ3v) is 7.54. The minimum absolute atomic E-state index is 0.256. The summed E-state index contributed by atoms with van der Waals surface area (Å²) in [5.74, 6) is 2.71. The van der Waals surface area contributed by atoms with Gasteiger partial charge in [-0.1, -0.05) is 48.7 Å². The summed E-state index contributed by atoms with van der Waals surface area (Å²) in [7, 11) is -0.354. The predicted octanol–water partition coefficient (Wildman–Crippen LogP) is 6.64. The van der Waals surface area contributed by atoms with Gasteiger partial charge in [0.1, 0.15) is 0 Å². The van der Waals surface area contributed by atoms with Crippen LogP contribution in [0, 0.1) is 18.2 Å². The Bertz CT molecular complexity index is 949. The van der Waals surface area contributed by atoms with E-state index in [1.165, 1.54) is 15.9 Å². The van der Waals surface area contributed by atoms with Crippen LogP contribution >= 0.6 is 0 Å². The van der Waals surface area contributed by atoms with E-state index in [1.807, 2.05) is 48.5 Å². The van der Waals surface area contributed by atoms with Crippen LogP contribution in [0.25, 0.3) is 0 Å². The number of halogens is 1. The van der Waals surface area contributed by atoms with E-state index < -0.39 is 5.60 Å². The third kappa shape index (κ3) is 4.33. The number of ether oxygens (including phenoxy) is 1. The number of benzene rings is 3. The van der Waals surface area contributed by atoms with E-state index in [2.05, 4.69) is 30.2 Å². The first-order valence-electron chi connectivity index (χ1n) is 10.0. The molecule has 0 heterocycles. The van der Waals surface area contributed by atoms with Crippen molar-refractivity contribution in [3.05, 3.63) is 84.7 Å². The molecule has 1 aliphatic rings. The fourth-order valence-corrected chi connectivity index (χ4v) is 5.92. The van der Waals surface area contributed by atoms with Gasteiger partial charge in [0.15, 0.2) is 31.9 Å². The molecule has 0 radical (unpaired) electrons. The summed E-state index contributed by atoms with van der Waals surface area (Å²) in [5, 5.41) is 0. The molecule has 1 nitrogen and oxygen atoms in total. The van der Waals surface area contributed by atoms with Gasteiger partial charge in [-0.3, -0.25) is 0 Å². The van der Waals surface area contributed by atoms with E-state index in [0.29, 0.717) is 0 Å². The highest BCUT2D eigenvalue weighted by atomic mass is 32.2. The summed E-state index contributed by atoms with van der Waals surface area (Å²) in [6, 6.07) is 25.8. The molecular formula is C26H24FOS+. The average molecular weight is 404 g/mol. The maximum Gasteiger partial charge on any atom is 0.170 e. The fraction of sp³-hybridized carbons (Fsp3) is 0.231. The zero-order chi connectivity index (χ0) is 20.1. The Morgan fingerprint density at radius 1 is 0.793 bits per heavy atom. The Morgan fingerprint density at radius 2 is 1.38 bits per heavy atom. The lowest BCUT2D eigenvalue weighted by Gasteiger charge is -2.33. The van der Waals surface area contributed by atoms with Gasteiger partial charge in [-0.25, -0.2) is 4.39 Å². The van der Waals surface area contributed by atoms with E-state index in [-0.39, 0.29) is 22.5 Å². The molecule has 0 spiro atoms. The lowest BCUT2D eigenvalue weighted by atomic mass is 9.85. The summed E-state index contributed by atoms with van der Waals surface area (Å²) in [5.41, 5.74) is -0.699. The van der Waals surface area contributed by atoms with Crippen LogP contribution in [-0.2, 0) is 10.9 Å². The van der Waals surface area contributed by atoms with Crippen LogP contribution in [0.15, 0.2) is 93.5 Å². The molecule has 1 aliphatic carbocycles. The van der Waals surface area contributed by atoms with Gasteiger partial charge in [0.05, 0.1) is 10.9 Å². The molecule has 0 unspecified atom stereocenters. The topological polar surface area (TPSA) is 9.23 Å². The van der Waals surface area contributed by atoms with Crippen LogP contribution in [0.3, 0.4) is 0 Å². The van der Waals surface area contributed by atoms with Gasteiger partial charge in [-0.05, 0) is 62.1 Å². The van der Waals surface area contributed by atoms with Crippen molar-refractivity contribution >= 4 is 10.9 Å². The Hall–Kier alpha value is -2.70. The second-order valence-corrected chi connectivity index (χ2v) is 9.35. The van der Waals surface area contributed by atoms with E-state index in [0.717, 1.165) is 37.0 Å². The zero-order valence-corrected chi connectivity index (χ0v) is 17.1. The molecular weight excluding hydrogens is 379 g/mol. The van der Waals surface area contributed by atoms with Crippen molar-refractivity contribution in [2.45, 2.75) is 52.4 Å². The van der Waals surface area contributed by atoms with Gasteiger partial charge in [0, 0.05) is 6.07 Å².